The summed E-state index contributed by atoms with van der Waals surface area (Å²) in [7, 11) is 1.52. The molecular weight excluding hydrogens is 324 g/mol. The van der Waals surface area contributed by atoms with Crippen LogP contribution in [-0.4, -0.2) is 23.0 Å². The van der Waals surface area contributed by atoms with Gasteiger partial charge in [0.25, 0.3) is 0 Å². The van der Waals surface area contributed by atoms with Gasteiger partial charge in [-0.3, -0.25) is 4.79 Å². The van der Waals surface area contributed by atoms with Crippen molar-refractivity contribution in [2.24, 2.45) is 11.3 Å². The first-order valence-corrected chi connectivity index (χ1v) is 9.67. The fourth-order valence-corrected chi connectivity index (χ4v) is 5.74. The highest BCUT2D eigenvalue weighted by Crippen LogP contribution is 2.58. The zero-order valence-corrected chi connectivity index (χ0v) is 16.5. The standard InChI is InChI=1S/C22H28N2O2/c1-13-14(2)24-19-15-7-10-18-21(3,16(15)8-9-17(19)23-13)11-6-12-22(18,4)20(25)26-5/h8-9,18H,6-7,10-12H2,1-5H3/t18?,21-,22-/m1/s1. The van der Waals surface area contributed by atoms with Crippen molar-refractivity contribution in [3.63, 3.8) is 0 Å². The number of ether oxygens (including phenoxy) is 1. The monoisotopic (exact) mass is 352 g/mol. The Bertz CT molecular complexity index is 907. The number of aromatic nitrogens is 2. The lowest BCUT2D eigenvalue weighted by atomic mass is 9.49. The van der Waals surface area contributed by atoms with Crippen molar-refractivity contribution in [2.45, 2.75) is 65.2 Å². The van der Waals surface area contributed by atoms with Crippen LogP contribution in [-0.2, 0) is 21.4 Å². The minimum atomic E-state index is -0.400. The second kappa shape index (κ2) is 5.77. The van der Waals surface area contributed by atoms with Crippen LogP contribution in [0, 0.1) is 25.2 Å². The molecule has 0 bridgehead atoms. The fourth-order valence-electron chi connectivity index (χ4n) is 5.74. The van der Waals surface area contributed by atoms with Gasteiger partial charge in [-0.25, -0.2) is 9.97 Å². The predicted octanol–water partition coefficient (Wildman–Crippen LogP) is 4.43. The highest BCUT2D eigenvalue weighted by molar-refractivity contribution is 5.82. The van der Waals surface area contributed by atoms with E-state index in [1.165, 1.54) is 18.2 Å². The molecule has 0 amide bonds. The molecule has 4 heteroatoms. The zero-order valence-electron chi connectivity index (χ0n) is 16.5. The van der Waals surface area contributed by atoms with E-state index in [4.69, 9.17) is 14.7 Å². The van der Waals surface area contributed by atoms with Gasteiger partial charge in [-0.1, -0.05) is 19.4 Å². The molecule has 1 heterocycles. The van der Waals surface area contributed by atoms with Gasteiger partial charge in [-0.15, -0.1) is 0 Å². The van der Waals surface area contributed by atoms with Crippen LogP contribution in [0.2, 0.25) is 0 Å². The van der Waals surface area contributed by atoms with E-state index in [1.54, 1.807) is 0 Å². The number of hydrogen-bond acceptors (Lipinski definition) is 4. The van der Waals surface area contributed by atoms with Gasteiger partial charge in [-0.05, 0) is 75.0 Å². The van der Waals surface area contributed by atoms with E-state index in [2.05, 4.69) is 26.0 Å². The van der Waals surface area contributed by atoms with Crippen molar-refractivity contribution < 1.29 is 9.53 Å². The maximum atomic E-state index is 12.6. The van der Waals surface area contributed by atoms with E-state index in [0.29, 0.717) is 5.92 Å². The van der Waals surface area contributed by atoms with Crippen LogP contribution in [0.3, 0.4) is 0 Å². The summed E-state index contributed by atoms with van der Waals surface area (Å²) in [5.41, 5.74) is 6.33. The lowest BCUT2D eigenvalue weighted by Gasteiger charge is -2.54. The summed E-state index contributed by atoms with van der Waals surface area (Å²) in [6, 6.07) is 4.36. The molecule has 0 radical (unpaired) electrons. The highest BCUT2D eigenvalue weighted by Gasteiger charge is 2.55. The van der Waals surface area contributed by atoms with E-state index < -0.39 is 5.41 Å². The molecule has 1 fully saturated rings. The van der Waals surface area contributed by atoms with Gasteiger partial charge in [0.1, 0.15) is 0 Å². The fraction of sp³-hybridized carbons (Fsp3) is 0.591. The minimum Gasteiger partial charge on any atom is -0.469 e. The van der Waals surface area contributed by atoms with Crippen LogP contribution in [0.25, 0.3) is 11.0 Å². The first kappa shape index (κ1) is 17.4. The van der Waals surface area contributed by atoms with Crippen LogP contribution >= 0.6 is 0 Å². The van der Waals surface area contributed by atoms with E-state index in [0.717, 1.165) is 54.5 Å². The first-order chi connectivity index (χ1) is 12.3. The van der Waals surface area contributed by atoms with Crippen LogP contribution in [0.1, 0.15) is 62.0 Å². The molecule has 2 aliphatic rings. The van der Waals surface area contributed by atoms with Gasteiger partial charge in [0.05, 0.1) is 34.9 Å². The molecule has 0 saturated heterocycles. The third-order valence-electron chi connectivity index (χ3n) is 7.23. The van der Waals surface area contributed by atoms with E-state index >= 15 is 0 Å². The lowest BCUT2D eigenvalue weighted by Crippen LogP contribution is -2.52. The maximum Gasteiger partial charge on any atom is 0.311 e. The van der Waals surface area contributed by atoms with Crippen molar-refractivity contribution in [3.8, 4) is 0 Å². The summed E-state index contributed by atoms with van der Waals surface area (Å²) in [4.78, 5) is 22.3. The molecule has 1 aromatic carbocycles. The SMILES string of the molecule is COC(=O)[C@]1(C)CCC[C@]2(C)c3ccc4nc(C)c(C)nc4c3CCC12. The Balaban J connectivity index is 1.90. The van der Waals surface area contributed by atoms with Gasteiger partial charge in [0, 0.05) is 0 Å². The summed E-state index contributed by atoms with van der Waals surface area (Å²) in [5, 5.41) is 0. The lowest BCUT2D eigenvalue weighted by molar-refractivity contribution is -0.161. The Hall–Kier alpha value is -1.97. The third kappa shape index (κ3) is 2.23. The van der Waals surface area contributed by atoms with Gasteiger partial charge in [-0.2, -0.15) is 0 Å². The molecule has 26 heavy (non-hydrogen) atoms. The Kier molecular flexibility index (Phi) is 3.87. The van der Waals surface area contributed by atoms with Gasteiger partial charge >= 0.3 is 5.97 Å². The molecule has 138 valence electrons. The van der Waals surface area contributed by atoms with Crippen LogP contribution < -0.4 is 0 Å². The highest BCUT2D eigenvalue weighted by atomic mass is 16.5. The predicted molar refractivity (Wildman–Crippen MR) is 102 cm³/mol. The molecule has 0 aliphatic heterocycles. The van der Waals surface area contributed by atoms with E-state index in [-0.39, 0.29) is 11.4 Å². The number of rotatable bonds is 1. The van der Waals surface area contributed by atoms with Gasteiger partial charge < -0.3 is 4.74 Å². The zero-order chi connectivity index (χ0) is 18.7. The molecule has 4 rings (SSSR count). The van der Waals surface area contributed by atoms with Crippen molar-refractivity contribution in [1.29, 1.82) is 0 Å². The molecule has 1 saturated carbocycles. The van der Waals surface area contributed by atoms with Crippen molar-refractivity contribution >= 4 is 17.0 Å². The molecule has 2 aromatic rings. The number of carbonyl (C=O) groups excluding carboxylic acids is 1. The van der Waals surface area contributed by atoms with Crippen molar-refractivity contribution in [2.75, 3.05) is 7.11 Å². The molecule has 0 spiro atoms. The first-order valence-electron chi connectivity index (χ1n) is 9.67. The number of hydrogen-bond donors (Lipinski definition) is 0. The topological polar surface area (TPSA) is 52.1 Å². The van der Waals surface area contributed by atoms with Gasteiger partial charge in [0.15, 0.2) is 0 Å². The van der Waals surface area contributed by atoms with Crippen LogP contribution in [0.5, 0.6) is 0 Å². The third-order valence-corrected chi connectivity index (χ3v) is 7.23. The smallest absolute Gasteiger partial charge is 0.311 e. The Labute approximate surface area is 155 Å². The number of carbonyl (C=O) groups is 1. The van der Waals surface area contributed by atoms with Crippen molar-refractivity contribution in [3.05, 3.63) is 34.6 Å². The Morgan fingerprint density at radius 1 is 1.15 bits per heavy atom. The maximum absolute atomic E-state index is 12.6. The molecular formula is C22H28N2O2. The number of methoxy groups -OCH3 is 1. The molecule has 0 N–H and O–H groups in total. The second-order valence-electron chi connectivity index (χ2n) is 8.63. The molecule has 4 nitrogen and oxygen atoms in total. The summed E-state index contributed by atoms with van der Waals surface area (Å²) in [6.45, 7) is 8.50. The quantitative estimate of drug-likeness (QED) is 0.713. The van der Waals surface area contributed by atoms with Gasteiger partial charge in [0.2, 0.25) is 0 Å². The summed E-state index contributed by atoms with van der Waals surface area (Å²) in [5.74, 6) is 0.254. The number of benzene rings is 1. The number of nitrogens with zero attached hydrogens (tertiary/aromatic N) is 2. The van der Waals surface area contributed by atoms with Crippen LogP contribution in [0.4, 0.5) is 0 Å². The number of esters is 1. The van der Waals surface area contributed by atoms with E-state index in [9.17, 15) is 4.79 Å². The number of fused-ring (bicyclic) bond motifs is 5. The molecule has 1 unspecified atom stereocenters. The molecule has 1 aromatic heterocycles. The van der Waals surface area contributed by atoms with Crippen molar-refractivity contribution in [1.82, 2.24) is 9.97 Å². The molecule has 2 aliphatic carbocycles. The normalized spacial score (nSPS) is 30.6. The minimum absolute atomic E-state index is 0.0105. The Morgan fingerprint density at radius 3 is 2.62 bits per heavy atom. The summed E-state index contributed by atoms with van der Waals surface area (Å²) < 4.78 is 5.21. The van der Waals surface area contributed by atoms with E-state index in [1.807, 2.05) is 13.8 Å². The Morgan fingerprint density at radius 2 is 1.88 bits per heavy atom. The largest absolute Gasteiger partial charge is 0.469 e. The second-order valence-corrected chi connectivity index (χ2v) is 8.63. The summed E-state index contributed by atoms with van der Waals surface area (Å²) in [6.07, 6.45) is 5.04. The number of aryl methyl sites for hydroxylation is 3. The average molecular weight is 352 g/mol. The molecule has 3 atom stereocenters. The average Bonchev–Trinajstić information content (AvgIpc) is 2.61. The summed E-state index contributed by atoms with van der Waals surface area (Å²) >= 11 is 0. The van der Waals surface area contributed by atoms with Crippen LogP contribution in [0.15, 0.2) is 12.1 Å².